The molecule has 1 atom stereocenters. The number of thiol groups is 2. The van der Waals surface area contributed by atoms with Crippen LogP contribution in [0.5, 0.6) is 0 Å². The molecule has 0 nitrogen and oxygen atoms in total. The van der Waals surface area contributed by atoms with Crippen molar-refractivity contribution in [3.63, 3.8) is 0 Å². The third-order valence-corrected chi connectivity index (χ3v) is 5.16. The second-order valence-electron chi connectivity index (χ2n) is 1.90. The molecule has 0 aliphatic carbocycles. The second kappa shape index (κ2) is 4.31. The highest BCUT2D eigenvalue weighted by molar-refractivity contribution is 8.08. The van der Waals surface area contributed by atoms with Crippen LogP contribution in [0.3, 0.4) is 0 Å². The SMILES string of the molecule is SC(S)C1CSCCS1. The van der Waals surface area contributed by atoms with Gasteiger partial charge in [0.25, 0.3) is 0 Å². The quantitative estimate of drug-likeness (QED) is 0.489. The summed E-state index contributed by atoms with van der Waals surface area (Å²) in [5.74, 6) is 3.80. The number of rotatable bonds is 1. The largest absolute Gasteiger partial charge is 0.164 e. The van der Waals surface area contributed by atoms with Crippen LogP contribution in [0.25, 0.3) is 0 Å². The summed E-state index contributed by atoms with van der Waals surface area (Å²) in [7, 11) is 0. The molecule has 1 rings (SSSR count). The molecule has 0 N–H and O–H groups in total. The van der Waals surface area contributed by atoms with Gasteiger partial charge in [-0.1, -0.05) is 0 Å². The zero-order valence-electron chi connectivity index (χ0n) is 4.99. The molecule has 0 aromatic rings. The van der Waals surface area contributed by atoms with E-state index in [0.29, 0.717) is 5.25 Å². The van der Waals surface area contributed by atoms with Crippen LogP contribution in [0, 0.1) is 0 Å². The maximum absolute atomic E-state index is 4.27. The van der Waals surface area contributed by atoms with Gasteiger partial charge in [0.1, 0.15) is 0 Å². The summed E-state index contributed by atoms with van der Waals surface area (Å²) in [6, 6.07) is 0. The molecular weight excluding hydrogens is 188 g/mol. The summed E-state index contributed by atoms with van der Waals surface area (Å²) in [5, 5.41) is 0.662. The van der Waals surface area contributed by atoms with Gasteiger partial charge in [-0.2, -0.15) is 48.8 Å². The average Bonchev–Trinajstić information content (AvgIpc) is 1.90. The normalized spacial score (nSPS) is 29.0. The fourth-order valence-electron chi connectivity index (χ4n) is 0.678. The first-order chi connectivity index (χ1) is 4.30. The molecule has 1 saturated heterocycles. The second-order valence-corrected chi connectivity index (χ2v) is 5.91. The Morgan fingerprint density at radius 2 is 2.11 bits per heavy atom. The van der Waals surface area contributed by atoms with E-state index in [1.165, 1.54) is 17.3 Å². The molecule has 1 aliphatic rings. The lowest BCUT2D eigenvalue weighted by atomic mass is 10.5. The highest BCUT2D eigenvalue weighted by atomic mass is 32.2. The van der Waals surface area contributed by atoms with Crippen molar-refractivity contribution in [1.82, 2.24) is 0 Å². The zero-order chi connectivity index (χ0) is 6.69. The van der Waals surface area contributed by atoms with Crippen molar-refractivity contribution in [2.45, 2.75) is 9.83 Å². The van der Waals surface area contributed by atoms with Crippen LogP contribution in [-0.2, 0) is 0 Å². The molecule has 54 valence electrons. The maximum Gasteiger partial charge on any atom is 0.0568 e. The van der Waals surface area contributed by atoms with E-state index in [2.05, 4.69) is 25.3 Å². The average molecular weight is 198 g/mol. The highest BCUT2D eigenvalue weighted by Crippen LogP contribution is 2.29. The predicted octanol–water partition coefficient (Wildman–Crippen LogP) is 2.02. The summed E-state index contributed by atoms with van der Waals surface area (Å²) < 4.78 is 0.266. The molecule has 4 heteroatoms. The smallest absolute Gasteiger partial charge is 0.0568 e. The van der Waals surface area contributed by atoms with E-state index < -0.39 is 0 Å². The maximum atomic E-state index is 4.27. The first-order valence-corrected chi connectivity index (χ1v) is 6.10. The molecule has 0 radical (unpaired) electrons. The first-order valence-electron chi connectivity index (χ1n) is 2.86. The monoisotopic (exact) mass is 198 g/mol. The first kappa shape index (κ1) is 8.50. The highest BCUT2D eigenvalue weighted by Gasteiger charge is 2.18. The molecule has 0 amide bonds. The molecular formula is C5H10S4. The van der Waals surface area contributed by atoms with E-state index in [9.17, 15) is 0 Å². The van der Waals surface area contributed by atoms with Gasteiger partial charge in [0.2, 0.25) is 0 Å². The van der Waals surface area contributed by atoms with Crippen molar-refractivity contribution in [3.8, 4) is 0 Å². The number of hydrogen-bond acceptors (Lipinski definition) is 4. The minimum Gasteiger partial charge on any atom is -0.164 e. The van der Waals surface area contributed by atoms with Crippen LogP contribution in [0.2, 0.25) is 0 Å². The van der Waals surface area contributed by atoms with E-state index >= 15 is 0 Å². The van der Waals surface area contributed by atoms with E-state index in [-0.39, 0.29) is 4.58 Å². The zero-order valence-corrected chi connectivity index (χ0v) is 8.41. The van der Waals surface area contributed by atoms with Gasteiger partial charge in [0, 0.05) is 22.5 Å². The molecule has 0 saturated carbocycles. The van der Waals surface area contributed by atoms with Gasteiger partial charge in [0.15, 0.2) is 0 Å². The molecule has 0 spiro atoms. The Morgan fingerprint density at radius 3 is 2.44 bits per heavy atom. The summed E-state index contributed by atoms with van der Waals surface area (Å²) >= 11 is 12.6. The Bertz CT molecular complexity index is 77.0. The fourth-order valence-corrected chi connectivity index (χ4v) is 4.29. The van der Waals surface area contributed by atoms with Crippen LogP contribution in [0.4, 0.5) is 0 Å². The van der Waals surface area contributed by atoms with Gasteiger partial charge in [0.05, 0.1) is 4.58 Å². The van der Waals surface area contributed by atoms with Gasteiger partial charge in [-0.3, -0.25) is 0 Å². The molecule has 1 fully saturated rings. The van der Waals surface area contributed by atoms with Crippen molar-refractivity contribution < 1.29 is 0 Å². The van der Waals surface area contributed by atoms with Gasteiger partial charge < -0.3 is 0 Å². The molecule has 0 aromatic carbocycles. The molecule has 9 heavy (non-hydrogen) atoms. The standard InChI is InChI=1S/C5H10S4/c6-5(7)4-3-8-1-2-9-4/h4-7H,1-3H2. The minimum atomic E-state index is 0.266. The number of thioether (sulfide) groups is 2. The topological polar surface area (TPSA) is 0 Å². The summed E-state index contributed by atoms with van der Waals surface area (Å²) in [6.07, 6.45) is 0. The number of hydrogen-bond donors (Lipinski definition) is 2. The lowest BCUT2D eigenvalue weighted by Gasteiger charge is -2.22. The van der Waals surface area contributed by atoms with Crippen LogP contribution in [0.1, 0.15) is 0 Å². The van der Waals surface area contributed by atoms with Crippen LogP contribution in [0.15, 0.2) is 0 Å². The third-order valence-electron chi connectivity index (χ3n) is 1.17. The van der Waals surface area contributed by atoms with Gasteiger partial charge >= 0.3 is 0 Å². The molecule has 1 unspecified atom stereocenters. The molecule has 1 heterocycles. The lowest BCUT2D eigenvalue weighted by Crippen LogP contribution is -2.20. The minimum absolute atomic E-state index is 0.266. The fraction of sp³-hybridized carbons (Fsp3) is 1.00. The van der Waals surface area contributed by atoms with E-state index in [1.54, 1.807) is 0 Å². The third kappa shape index (κ3) is 2.87. The van der Waals surface area contributed by atoms with Gasteiger partial charge in [-0.05, 0) is 0 Å². The van der Waals surface area contributed by atoms with E-state index in [1.807, 2.05) is 23.5 Å². The lowest BCUT2D eigenvalue weighted by molar-refractivity contribution is 1.09. The van der Waals surface area contributed by atoms with Crippen molar-refractivity contribution in [2.75, 3.05) is 17.3 Å². The molecule has 1 aliphatic heterocycles. The Balaban J connectivity index is 2.23. The summed E-state index contributed by atoms with van der Waals surface area (Å²) in [4.78, 5) is 0. The van der Waals surface area contributed by atoms with E-state index in [0.717, 1.165) is 0 Å². The van der Waals surface area contributed by atoms with Crippen LogP contribution >= 0.6 is 48.8 Å². The summed E-state index contributed by atoms with van der Waals surface area (Å²) in [6.45, 7) is 0. The Hall–Kier alpha value is 1.40. The summed E-state index contributed by atoms with van der Waals surface area (Å²) in [5.41, 5.74) is 0. The molecule has 0 bridgehead atoms. The molecule has 0 aromatic heterocycles. The Labute approximate surface area is 75.7 Å². The van der Waals surface area contributed by atoms with Crippen molar-refractivity contribution in [3.05, 3.63) is 0 Å². The Kier molecular flexibility index (Phi) is 4.07. The van der Waals surface area contributed by atoms with E-state index in [4.69, 9.17) is 0 Å². The Morgan fingerprint density at radius 1 is 1.33 bits per heavy atom. The van der Waals surface area contributed by atoms with Gasteiger partial charge in [-0.25, -0.2) is 0 Å². The van der Waals surface area contributed by atoms with Gasteiger partial charge in [-0.15, -0.1) is 0 Å². The van der Waals surface area contributed by atoms with Crippen LogP contribution in [-0.4, -0.2) is 27.1 Å². The van der Waals surface area contributed by atoms with Crippen LogP contribution < -0.4 is 0 Å². The van der Waals surface area contributed by atoms with Crippen molar-refractivity contribution in [1.29, 1.82) is 0 Å². The van der Waals surface area contributed by atoms with Crippen molar-refractivity contribution >= 4 is 48.8 Å². The van der Waals surface area contributed by atoms with Crippen molar-refractivity contribution in [2.24, 2.45) is 0 Å². The predicted molar refractivity (Wildman–Crippen MR) is 55.3 cm³/mol.